The number of rotatable bonds is 3. The summed E-state index contributed by atoms with van der Waals surface area (Å²) in [6, 6.07) is 5.50. The minimum atomic E-state index is -0.355. The first-order chi connectivity index (χ1) is 8.74. The highest BCUT2D eigenvalue weighted by molar-refractivity contribution is 5.89. The van der Waals surface area contributed by atoms with E-state index in [2.05, 4.69) is 10.1 Å². The summed E-state index contributed by atoms with van der Waals surface area (Å²) in [5.74, 6) is 0.371. The van der Waals surface area contributed by atoms with Crippen LogP contribution in [0.5, 0.6) is 5.75 Å². The van der Waals surface area contributed by atoms with Gasteiger partial charge in [0.15, 0.2) is 0 Å². The zero-order valence-electron chi connectivity index (χ0n) is 10.6. The van der Waals surface area contributed by atoms with Crippen molar-refractivity contribution in [3.63, 3.8) is 0 Å². The fraction of sp³-hybridized carbons (Fsp3) is 0.462. The zero-order chi connectivity index (χ0) is 13.0. The monoisotopic (exact) mass is 251 g/mol. The van der Waals surface area contributed by atoms with E-state index in [0.29, 0.717) is 25.3 Å². The van der Waals surface area contributed by atoms with Gasteiger partial charge in [-0.15, -0.1) is 0 Å². The molecule has 1 aromatic carbocycles. The van der Waals surface area contributed by atoms with E-state index in [0.717, 1.165) is 11.3 Å². The average Bonchev–Trinajstić information content (AvgIpc) is 2.60. The molecule has 1 aliphatic rings. The Bertz CT molecular complexity index is 433. The molecule has 1 heterocycles. The molecule has 1 atom stereocenters. The number of esters is 1. The second-order valence-electron chi connectivity index (χ2n) is 4.16. The molecule has 0 radical (unpaired) electrons. The van der Waals surface area contributed by atoms with Crippen molar-refractivity contribution in [1.29, 1.82) is 0 Å². The van der Waals surface area contributed by atoms with Crippen molar-refractivity contribution in [3.05, 3.63) is 29.3 Å². The topological polar surface area (TPSA) is 56.8 Å². The summed E-state index contributed by atoms with van der Waals surface area (Å²) >= 11 is 0. The molecule has 0 aromatic heterocycles. The number of carbonyl (C=O) groups excluding carboxylic acids is 1. The van der Waals surface area contributed by atoms with E-state index in [1.54, 1.807) is 19.2 Å². The third-order valence-electron chi connectivity index (χ3n) is 2.88. The molecule has 0 amide bonds. The van der Waals surface area contributed by atoms with Crippen LogP contribution < -0.4 is 10.1 Å². The van der Waals surface area contributed by atoms with Crippen LogP contribution in [-0.4, -0.2) is 39.4 Å². The minimum absolute atomic E-state index is 0.156. The van der Waals surface area contributed by atoms with Gasteiger partial charge in [0.05, 0.1) is 25.3 Å². The first kappa shape index (κ1) is 12.9. The molecule has 0 spiro atoms. The van der Waals surface area contributed by atoms with Crippen LogP contribution in [-0.2, 0) is 16.0 Å². The van der Waals surface area contributed by atoms with E-state index in [4.69, 9.17) is 9.47 Å². The highest BCUT2D eigenvalue weighted by Crippen LogP contribution is 2.23. The minimum Gasteiger partial charge on any atom is -0.492 e. The molecule has 1 aromatic rings. The van der Waals surface area contributed by atoms with Gasteiger partial charge in [0.2, 0.25) is 0 Å². The number of nitrogens with one attached hydrogen (secondary N) is 1. The molecule has 0 unspecified atom stereocenters. The molecular weight excluding hydrogens is 234 g/mol. The maximum atomic E-state index is 11.4. The lowest BCUT2D eigenvalue weighted by Crippen LogP contribution is -2.35. The van der Waals surface area contributed by atoms with Crippen LogP contribution in [0, 0.1) is 0 Å². The Kier molecular flexibility index (Phi) is 4.17. The second-order valence-corrected chi connectivity index (χ2v) is 4.16. The predicted molar refractivity (Wildman–Crippen MR) is 65.8 cm³/mol. The highest BCUT2D eigenvalue weighted by Gasteiger charge is 2.18. The molecular formula is C13H17NO4. The maximum Gasteiger partial charge on any atom is 0.337 e. The lowest BCUT2D eigenvalue weighted by Gasteiger charge is -2.13. The van der Waals surface area contributed by atoms with Gasteiger partial charge in [0.1, 0.15) is 12.4 Å². The van der Waals surface area contributed by atoms with Crippen LogP contribution in [0.1, 0.15) is 15.9 Å². The van der Waals surface area contributed by atoms with Crippen molar-refractivity contribution in [1.82, 2.24) is 5.32 Å². The first-order valence-corrected chi connectivity index (χ1v) is 5.81. The smallest absolute Gasteiger partial charge is 0.337 e. The van der Waals surface area contributed by atoms with Gasteiger partial charge < -0.3 is 19.5 Å². The lowest BCUT2D eigenvalue weighted by atomic mass is 10.1. The second kappa shape index (κ2) is 5.84. The fourth-order valence-electron chi connectivity index (χ4n) is 1.89. The normalized spacial score (nSPS) is 18.4. The van der Waals surface area contributed by atoms with Crippen molar-refractivity contribution in [2.75, 3.05) is 27.4 Å². The Balaban J connectivity index is 2.15. The van der Waals surface area contributed by atoms with Crippen molar-refractivity contribution < 1.29 is 19.0 Å². The van der Waals surface area contributed by atoms with E-state index in [1.165, 1.54) is 7.11 Å². The van der Waals surface area contributed by atoms with E-state index in [1.807, 2.05) is 6.07 Å². The maximum absolute atomic E-state index is 11.4. The Hall–Kier alpha value is -1.59. The van der Waals surface area contributed by atoms with Crippen molar-refractivity contribution >= 4 is 5.97 Å². The molecule has 5 heteroatoms. The molecule has 0 fully saturated rings. The van der Waals surface area contributed by atoms with Gasteiger partial charge in [-0.2, -0.15) is 0 Å². The Labute approximate surface area is 106 Å². The average molecular weight is 251 g/mol. The van der Waals surface area contributed by atoms with Crippen molar-refractivity contribution in [2.45, 2.75) is 12.6 Å². The van der Waals surface area contributed by atoms with Crippen LogP contribution in [0.15, 0.2) is 18.2 Å². The van der Waals surface area contributed by atoms with Gasteiger partial charge in [-0.05, 0) is 12.1 Å². The molecule has 0 saturated carbocycles. The molecule has 2 rings (SSSR count). The molecule has 0 saturated heterocycles. The van der Waals surface area contributed by atoms with Gasteiger partial charge in [-0.3, -0.25) is 0 Å². The van der Waals surface area contributed by atoms with Gasteiger partial charge in [-0.25, -0.2) is 4.79 Å². The zero-order valence-corrected chi connectivity index (χ0v) is 10.6. The standard InChI is InChI=1S/C13H17NO4/c1-16-7-11-8-18-12-5-9(13(15)17-2)3-4-10(12)6-14-11/h3-5,11,14H,6-8H2,1-2H3/t11-/m1/s1. The third kappa shape index (κ3) is 2.80. The summed E-state index contributed by atoms with van der Waals surface area (Å²) in [5.41, 5.74) is 1.53. The largest absolute Gasteiger partial charge is 0.492 e. The number of hydrogen-bond donors (Lipinski definition) is 1. The quantitative estimate of drug-likeness (QED) is 0.811. The van der Waals surface area contributed by atoms with Gasteiger partial charge in [0, 0.05) is 19.2 Å². The number of hydrogen-bond acceptors (Lipinski definition) is 5. The van der Waals surface area contributed by atoms with Gasteiger partial charge in [0.25, 0.3) is 0 Å². The molecule has 1 N–H and O–H groups in total. The third-order valence-corrected chi connectivity index (χ3v) is 2.88. The molecule has 5 nitrogen and oxygen atoms in total. The SMILES string of the molecule is COC[C@@H]1COc2cc(C(=O)OC)ccc2CN1. The summed E-state index contributed by atoms with van der Waals surface area (Å²) in [6.07, 6.45) is 0. The number of benzene rings is 1. The first-order valence-electron chi connectivity index (χ1n) is 5.81. The number of fused-ring (bicyclic) bond motifs is 1. The van der Waals surface area contributed by atoms with E-state index < -0.39 is 0 Å². The summed E-state index contributed by atoms with van der Waals surface area (Å²) in [4.78, 5) is 11.4. The van der Waals surface area contributed by atoms with Gasteiger partial charge in [-0.1, -0.05) is 6.07 Å². The van der Waals surface area contributed by atoms with Crippen molar-refractivity contribution in [3.8, 4) is 5.75 Å². The fourth-order valence-corrected chi connectivity index (χ4v) is 1.89. The number of carbonyl (C=O) groups is 1. The van der Waals surface area contributed by atoms with Crippen LogP contribution >= 0.6 is 0 Å². The molecule has 0 bridgehead atoms. The van der Waals surface area contributed by atoms with E-state index in [9.17, 15) is 4.79 Å². The van der Waals surface area contributed by atoms with Crippen molar-refractivity contribution in [2.24, 2.45) is 0 Å². The number of methoxy groups -OCH3 is 2. The Morgan fingerprint density at radius 2 is 2.33 bits per heavy atom. The highest BCUT2D eigenvalue weighted by atomic mass is 16.5. The van der Waals surface area contributed by atoms with Gasteiger partial charge >= 0.3 is 5.97 Å². The Morgan fingerprint density at radius 3 is 3.06 bits per heavy atom. The van der Waals surface area contributed by atoms with Crippen LogP contribution in [0.25, 0.3) is 0 Å². The van der Waals surface area contributed by atoms with E-state index >= 15 is 0 Å². The van der Waals surface area contributed by atoms with E-state index in [-0.39, 0.29) is 12.0 Å². The summed E-state index contributed by atoms with van der Waals surface area (Å²) in [5, 5.41) is 3.34. The van der Waals surface area contributed by atoms with Crippen LogP contribution in [0.2, 0.25) is 0 Å². The predicted octanol–water partition coefficient (Wildman–Crippen LogP) is 0.970. The molecule has 18 heavy (non-hydrogen) atoms. The summed E-state index contributed by atoms with van der Waals surface area (Å²) in [7, 11) is 3.03. The molecule has 0 aliphatic carbocycles. The van der Waals surface area contributed by atoms with Crippen LogP contribution in [0.3, 0.4) is 0 Å². The summed E-state index contributed by atoms with van der Waals surface area (Å²) < 4.78 is 15.5. The lowest BCUT2D eigenvalue weighted by molar-refractivity contribution is 0.0600. The summed E-state index contributed by atoms with van der Waals surface area (Å²) in [6.45, 7) is 1.81. The Morgan fingerprint density at radius 1 is 1.50 bits per heavy atom. The molecule has 1 aliphatic heterocycles. The van der Waals surface area contributed by atoms with Crippen LogP contribution in [0.4, 0.5) is 0 Å². The number of ether oxygens (including phenoxy) is 3. The molecule has 98 valence electrons.